The van der Waals surface area contributed by atoms with Crippen LogP contribution in [-0.2, 0) is 22.6 Å². The van der Waals surface area contributed by atoms with Crippen LogP contribution in [0.5, 0.6) is 0 Å². The van der Waals surface area contributed by atoms with Crippen molar-refractivity contribution in [3.8, 4) is 0 Å². The minimum atomic E-state index is -0.0369. The number of piperidine rings is 1. The van der Waals surface area contributed by atoms with Gasteiger partial charge in [0, 0.05) is 33.4 Å². The number of benzene rings is 1. The van der Waals surface area contributed by atoms with Gasteiger partial charge in [0.15, 0.2) is 5.76 Å². The summed E-state index contributed by atoms with van der Waals surface area (Å²) in [5.74, 6) is 1.54. The SMILES string of the molecule is COCc1ccc(C(=O)N(CC2CCN(Cc3ccccc3C)CC2)CC2CCCO2)o1. The summed E-state index contributed by atoms with van der Waals surface area (Å²) in [6.07, 6.45) is 4.44. The zero-order valence-corrected chi connectivity index (χ0v) is 19.4. The highest BCUT2D eigenvalue weighted by atomic mass is 16.5. The predicted octanol–water partition coefficient (Wildman–Crippen LogP) is 4.27. The van der Waals surface area contributed by atoms with Gasteiger partial charge >= 0.3 is 0 Å². The van der Waals surface area contributed by atoms with E-state index in [0.717, 1.165) is 58.5 Å². The average molecular weight is 441 g/mol. The Balaban J connectivity index is 1.35. The molecule has 0 spiro atoms. The van der Waals surface area contributed by atoms with Gasteiger partial charge in [0.05, 0.1) is 6.10 Å². The molecule has 1 unspecified atom stereocenters. The number of hydrogen-bond donors (Lipinski definition) is 0. The molecule has 2 aliphatic rings. The summed E-state index contributed by atoms with van der Waals surface area (Å²) < 4.78 is 16.7. The van der Waals surface area contributed by atoms with E-state index in [0.29, 0.717) is 30.6 Å². The molecule has 6 nitrogen and oxygen atoms in total. The fraction of sp³-hybridized carbons (Fsp3) is 0.577. The van der Waals surface area contributed by atoms with Gasteiger partial charge in [0.1, 0.15) is 12.4 Å². The zero-order chi connectivity index (χ0) is 22.3. The molecule has 0 radical (unpaired) electrons. The topological polar surface area (TPSA) is 55.2 Å². The normalized spacial score (nSPS) is 20.0. The Labute approximate surface area is 191 Å². The number of furan rings is 1. The molecular weight excluding hydrogens is 404 g/mol. The Morgan fingerprint density at radius 3 is 2.66 bits per heavy atom. The van der Waals surface area contributed by atoms with Crippen molar-refractivity contribution in [1.29, 1.82) is 0 Å². The van der Waals surface area contributed by atoms with Crippen molar-refractivity contribution in [3.05, 3.63) is 59.0 Å². The highest BCUT2D eigenvalue weighted by Crippen LogP contribution is 2.24. The number of ether oxygens (including phenoxy) is 2. The maximum absolute atomic E-state index is 13.3. The maximum atomic E-state index is 13.3. The molecule has 0 bridgehead atoms. The molecule has 2 saturated heterocycles. The van der Waals surface area contributed by atoms with E-state index < -0.39 is 0 Å². The van der Waals surface area contributed by atoms with Crippen LogP contribution >= 0.6 is 0 Å². The van der Waals surface area contributed by atoms with E-state index in [1.807, 2.05) is 11.0 Å². The van der Waals surface area contributed by atoms with Crippen LogP contribution < -0.4 is 0 Å². The Kier molecular flexibility index (Phi) is 8.00. The van der Waals surface area contributed by atoms with Gasteiger partial charge in [-0.3, -0.25) is 9.69 Å². The van der Waals surface area contributed by atoms with Gasteiger partial charge in [-0.1, -0.05) is 24.3 Å². The van der Waals surface area contributed by atoms with E-state index >= 15 is 0 Å². The molecule has 0 saturated carbocycles. The fourth-order valence-electron chi connectivity index (χ4n) is 4.81. The van der Waals surface area contributed by atoms with Crippen molar-refractivity contribution in [2.24, 2.45) is 5.92 Å². The van der Waals surface area contributed by atoms with Gasteiger partial charge < -0.3 is 18.8 Å². The van der Waals surface area contributed by atoms with Crippen LogP contribution in [0, 0.1) is 12.8 Å². The van der Waals surface area contributed by atoms with E-state index in [9.17, 15) is 4.79 Å². The number of aryl methyl sites for hydroxylation is 1. The maximum Gasteiger partial charge on any atom is 0.289 e. The number of nitrogens with zero attached hydrogens (tertiary/aromatic N) is 2. The molecule has 174 valence electrons. The Morgan fingerprint density at radius 1 is 1.12 bits per heavy atom. The second kappa shape index (κ2) is 11.1. The standard InChI is InChI=1S/C26H36N2O4/c1-20-6-3-4-7-22(20)17-27-13-11-21(12-14-27)16-28(18-23-8-5-15-31-23)26(29)25-10-9-24(32-25)19-30-2/h3-4,6-7,9-10,21,23H,5,8,11-19H2,1-2H3. The Morgan fingerprint density at radius 2 is 1.94 bits per heavy atom. The molecule has 1 amide bonds. The van der Waals surface area contributed by atoms with Crippen LogP contribution in [0.4, 0.5) is 0 Å². The van der Waals surface area contributed by atoms with Crippen LogP contribution in [0.15, 0.2) is 40.8 Å². The van der Waals surface area contributed by atoms with Crippen LogP contribution in [-0.4, -0.2) is 61.7 Å². The first kappa shape index (κ1) is 23.0. The minimum Gasteiger partial charge on any atom is -0.453 e. The van der Waals surface area contributed by atoms with Crippen molar-refractivity contribution in [1.82, 2.24) is 9.80 Å². The van der Waals surface area contributed by atoms with Crippen molar-refractivity contribution >= 4 is 5.91 Å². The van der Waals surface area contributed by atoms with E-state index in [1.165, 1.54) is 11.1 Å². The second-order valence-electron chi connectivity index (χ2n) is 9.19. The second-order valence-corrected chi connectivity index (χ2v) is 9.19. The summed E-state index contributed by atoms with van der Waals surface area (Å²) in [6, 6.07) is 12.2. The highest BCUT2D eigenvalue weighted by molar-refractivity contribution is 5.91. The van der Waals surface area contributed by atoms with Crippen molar-refractivity contribution in [3.63, 3.8) is 0 Å². The Bertz CT molecular complexity index is 866. The number of carbonyl (C=O) groups excluding carboxylic acids is 1. The van der Waals surface area contributed by atoms with E-state index in [-0.39, 0.29) is 12.0 Å². The Hall–Kier alpha value is -2.15. The molecule has 2 aromatic rings. The van der Waals surface area contributed by atoms with Crippen LogP contribution in [0.1, 0.15) is 53.1 Å². The summed E-state index contributed by atoms with van der Waals surface area (Å²) in [4.78, 5) is 17.8. The minimum absolute atomic E-state index is 0.0369. The molecule has 1 aromatic heterocycles. The molecule has 32 heavy (non-hydrogen) atoms. The number of methoxy groups -OCH3 is 1. The average Bonchev–Trinajstić information content (AvgIpc) is 3.48. The third-order valence-corrected chi connectivity index (χ3v) is 6.74. The van der Waals surface area contributed by atoms with E-state index in [2.05, 4.69) is 36.1 Å². The lowest BCUT2D eigenvalue weighted by Crippen LogP contribution is -2.43. The number of carbonyl (C=O) groups is 1. The van der Waals surface area contributed by atoms with Crippen molar-refractivity contribution in [2.45, 2.75) is 51.9 Å². The van der Waals surface area contributed by atoms with Gasteiger partial charge in [-0.25, -0.2) is 0 Å². The lowest BCUT2D eigenvalue weighted by atomic mass is 9.95. The molecule has 4 rings (SSSR count). The van der Waals surface area contributed by atoms with Gasteiger partial charge in [0.25, 0.3) is 5.91 Å². The lowest BCUT2D eigenvalue weighted by molar-refractivity contribution is 0.0418. The molecule has 6 heteroatoms. The molecule has 0 N–H and O–H groups in total. The van der Waals surface area contributed by atoms with Crippen LogP contribution in [0.25, 0.3) is 0 Å². The van der Waals surface area contributed by atoms with E-state index in [4.69, 9.17) is 13.9 Å². The van der Waals surface area contributed by atoms with Crippen LogP contribution in [0.2, 0.25) is 0 Å². The zero-order valence-electron chi connectivity index (χ0n) is 19.4. The summed E-state index contributed by atoms with van der Waals surface area (Å²) in [5.41, 5.74) is 2.76. The van der Waals surface area contributed by atoms with Gasteiger partial charge in [-0.05, 0) is 74.9 Å². The third-order valence-electron chi connectivity index (χ3n) is 6.74. The van der Waals surface area contributed by atoms with Crippen molar-refractivity contribution < 1.29 is 18.7 Å². The smallest absolute Gasteiger partial charge is 0.289 e. The molecule has 3 heterocycles. The van der Waals surface area contributed by atoms with Gasteiger partial charge in [-0.2, -0.15) is 0 Å². The van der Waals surface area contributed by atoms with Gasteiger partial charge in [0.2, 0.25) is 0 Å². The predicted molar refractivity (Wildman–Crippen MR) is 123 cm³/mol. The molecule has 1 atom stereocenters. The molecule has 2 aliphatic heterocycles. The summed E-state index contributed by atoms with van der Waals surface area (Å²) in [7, 11) is 1.62. The molecule has 1 aromatic carbocycles. The molecular formula is C26H36N2O4. The summed E-state index contributed by atoms with van der Waals surface area (Å²) >= 11 is 0. The van der Waals surface area contributed by atoms with Gasteiger partial charge in [-0.15, -0.1) is 0 Å². The lowest BCUT2D eigenvalue weighted by Gasteiger charge is -2.35. The first-order valence-corrected chi connectivity index (χ1v) is 11.9. The first-order chi connectivity index (χ1) is 15.6. The summed E-state index contributed by atoms with van der Waals surface area (Å²) in [6.45, 7) is 7.90. The van der Waals surface area contributed by atoms with Crippen LogP contribution in [0.3, 0.4) is 0 Å². The van der Waals surface area contributed by atoms with Crippen molar-refractivity contribution in [2.75, 3.05) is 39.9 Å². The largest absolute Gasteiger partial charge is 0.453 e. The summed E-state index contributed by atoms with van der Waals surface area (Å²) in [5, 5.41) is 0. The molecule has 2 fully saturated rings. The number of amides is 1. The molecule has 0 aliphatic carbocycles. The van der Waals surface area contributed by atoms with E-state index in [1.54, 1.807) is 13.2 Å². The third kappa shape index (κ3) is 6.00. The number of hydrogen-bond acceptors (Lipinski definition) is 5. The first-order valence-electron chi connectivity index (χ1n) is 11.9. The number of likely N-dealkylation sites (tertiary alicyclic amines) is 1. The monoisotopic (exact) mass is 440 g/mol. The quantitative estimate of drug-likeness (QED) is 0.583. The highest BCUT2D eigenvalue weighted by Gasteiger charge is 2.29. The fourth-order valence-corrected chi connectivity index (χ4v) is 4.81. The number of rotatable bonds is 9.